The van der Waals surface area contributed by atoms with Gasteiger partial charge in [-0.15, -0.1) is 0 Å². The topological polar surface area (TPSA) is 106 Å². The first-order valence-corrected chi connectivity index (χ1v) is 8.06. The van der Waals surface area contributed by atoms with Gasteiger partial charge in [-0.2, -0.15) is 15.0 Å². The van der Waals surface area contributed by atoms with Crippen LogP contribution in [0.1, 0.15) is 32.2 Å². The molecule has 7 nitrogen and oxygen atoms in total. The van der Waals surface area contributed by atoms with E-state index in [1.54, 1.807) is 18.2 Å². The molecule has 0 saturated carbocycles. The second-order valence-electron chi connectivity index (χ2n) is 6.12. The van der Waals surface area contributed by atoms with Gasteiger partial charge in [0.2, 0.25) is 11.9 Å². The maximum atomic E-state index is 14.0. The molecule has 0 spiro atoms. The first kappa shape index (κ1) is 19.1. The van der Waals surface area contributed by atoms with Crippen molar-refractivity contribution in [3.8, 4) is 5.75 Å². The zero-order valence-electron chi connectivity index (χ0n) is 14.3. The van der Waals surface area contributed by atoms with Crippen molar-refractivity contribution >= 4 is 23.5 Å². The molecule has 1 atom stereocenters. The molecule has 0 bridgehead atoms. The zero-order valence-corrected chi connectivity index (χ0v) is 15.0. The van der Waals surface area contributed by atoms with Crippen LogP contribution in [0.25, 0.3) is 0 Å². The van der Waals surface area contributed by atoms with Crippen molar-refractivity contribution in [2.24, 2.45) is 0 Å². The number of rotatable bonds is 7. The quantitative estimate of drug-likeness (QED) is 0.688. The number of benzene rings is 1. The molecule has 4 N–H and O–H groups in total. The van der Waals surface area contributed by atoms with E-state index in [2.05, 4.69) is 20.3 Å². The Hall–Kier alpha value is -2.19. The van der Waals surface area contributed by atoms with E-state index in [1.807, 2.05) is 6.92 Å². The van der Waals surface area contributed by atoms with Crippen LogP contribution in [-0.4, -0.2) is 32.7 Å². The van der Waals surface area contributed by atoms with E-state index in [0.717, 1.165) is 0 Å². The lowest BCUT2D eigenvalue weighted by molar-refractivity contribution is 0.206. The third-order valence-electron chi connectivity index (χ3n) is 3.17. The Morgan fingerprint density at radius 1 is 1.32 bits per heavy atom. The minimum Gasteiger partial charge on any atom is -0.491 e. The summed E-state index contributed by atoms with van der Waals surface area (Å²) in [5.41, 5.74) is 4.54. The maximum absolute atomic E-state index is 14.0. The van der Waals surface area contributed by atoms with E-state index in [4.69, 9.17) is 22.1 Å². The van der Waals surface area contributed by atoms with Gasteiger partial charge in [0.05, 0.1) is 12.6 Å². The number of nitrogens with one attached hydrogen (secondary N) is 1. The highest BCUT2D eigenvalue weighted by molar-refractivity contribution is 6.30. The maximum Gasteiger partial charge on any atom is 0.228 e. The van der Waals surface area contributed by atoms with Gasteiger partial charge in [-0.3, -0.25) is 0 Å². The predicted octanol–water partition coefficient (Wildman–Crippen LogP) is 2.68. The van der Waals surface area contributed by atoms with Gasteiger partial charge in [0.15, 0.2) is 11.5 Å². The monoisotopic (exact) mass is 369 g/mol. The van der Waals surface area contributed by atoms with Crippen molar-refractivity contribution < 1.29 is 14.2 Å². The number of anilines is 2. The first-order valence-electron chi connectivity index (χ1n) is 7.68. The molecule has 0 amide bonds. The number of alkyl halides is 1. The van der Waals surface area contributed by atoms with Gasteiger partial charge in [0.1, 0.15) is 12.4 Å². The molecule has 0 aliphatic rings. The lowest BCUT2D eigenvalue weighted by Crippen LogP contribution is -2.26. The van der Waals surface area contributed by atoms with Crippen LogP contribution in [0.15, 0.2) is 18.2 Å². The number of nitrogen functional groups attached to an aromatic ring is 1. The van der Waals surface area contributed by atoms with Crippen LogP contribution >= 0.6 is 11.6 Å². The number of halogens is 2. The molecule has 0 aliphatic carbocycles. The van der Waals surface area contributed by atoms with Crippen LogP contribution in [0.2, 0.25) is 5.02 Å². The number of ether oxygens (including phenoxy) is 1. The van der Waals surface area contributed by atoms with Gasteiger partial charge >= 0.3 is 0 Å². The predicted molar refractivity (Wildman–Crippen MR) is 94.3 cm³/mol. The fourth-order valence-corrected chi connectivity index (χ4v) is 2.25. The Kier molecular flexibility index (Phi) is 5.97. The number of aromatic nitrogens is 3. The summed E-state index contributed by atoms with van der Waals surface area (Å²) in [4.78, 5) is 11.8. The second kappa shape index (κ2) is 7.79. The van der Waals surface area contributed by atoms with Crippen molar-refractivity contribution in [2.75, 3.05) is 17.7 Å². The Labute approximate surface area is 150 Å². The van der Waals surface area contributed by atoms with Crippen molar-refractivity contribution in [3.63, 3.8) is 0 Å². The summed E-state index contributed by atoms with van der Waals surface area (Å²) in [6, 6.07) is 4.81. The molecule has 0 saturated heterocycles. The lowest BCUT2D eigenvalue weighted by atomic mass is 10.1. The van der Waals surface area contributed by atoms with Crippen LogP contribution in [-0.2, 0) is 12.3 Å². The van der Waals surface area contributed by atoms with Crippen LogP contribution in [0.4, 0.5) is 16.3 Å². The number of hydrogen-bond donors (Lipinski definition) is 3. The third-order valence-corrected chi connectivity index (χ3v) is 3.39. The summed E-state index contributed by atoms with van der Waals surface area (Å²) >= 11 is 5.97. The largest absolute Gasteiger partial charge is 0.491 e. The summed E-state index contributed by atoms with van der Waals surface area (Å²) in [7, 11) is 0. The molecule has 1 aromatic heterocycles. The van der Waals surface area contributed by atoms with Gasteiger partial charge in [-0.1, -0.05) is 11.6 Å². The highest BCUT2D eigenvalue weighted by Gasteiger charge is 2.24. The van der Waals surface area contributed by atoms with Crippen LogP contribution in [0.5, 0.6) is 5.75 Å². The van der Waals surface area contributed by atoms with Crippen molar-refractivity contribution in [2.45, 2.75) is 39.1 Å². The molecule has 25 heavy (non-hydrogen) atoms. The summed E-state index contributed by atoms with van der Waals surface area (Å²) in [6.45, 7) is 4.67. The van der Waals surface area contributed by atoms with E-state index in [0.29, 0.717) is 16.3 Å². The van der Waals surface area contributed by atoms with E-state index in [1.165, 1.54) is 13.8 Å². The molecule has 2 rings (SSSR count). The molecule has 9 heteroatoms. The first-order chi connectivity index (χ1) is 11.7. The normalized spacial score (nSPS) is 12.7. The molecule has 136 valence electrons. The molecular formula is C16H21ClFN5O2. The molecule has 1 unspecified atom stereocenters. The second-order valence-corrected chi connectivity index (χ2v) is 6.56. The van der Waals surface area contributed by atoms with E-state index in [-0.39, 0.29) is 37.0 Å². The SMILES string of the molecule is CC(COc1cc(Cl)cc(CO)c1)Nc1nc(N)nc(C(C)(C)F)n1. The number of aliphatic hydroxyl groups excluding tert-OH is 1. The molecule has 1 aromatic carbocycles. The zero-order chi connectivity index (χ0) is 18.6. The Morgan fingerprint density at radius 2 is 2.04 bits per heavy atom. The third kappa shape index (κ3) is 5.68. The number of aliphatic hydroxyl groups is 1. The summed E-state index contributed by atoms with van der Waals surface area (Å²) < 4.78 is 19.7. The van der Waals surface area contributed by atoms with Crippen molar-refractivity contribution in [1.82, 2.24) is 15.0 Å². The Bertz CT molecular complexity index is 739. The van der Waals surface area contributed by atoms with Gasteiger partial charge in [0.25, 0.3) is 0 Å². The molecule has 1 heterocycles. The minimum absolute atomic E-state index is 0.0435. The number of nitrogens with two attached hydrogens (primary N) is 1. The van der Waals surface area contributed by atoms with E-state index in [9.17, 15) is 9.50 Å². The van der Waals surface area contributed by atoms with Gasteiger partial charge < -0.3 is 20.9 Å². The fraction of sp³-hybridized carbons (Fsp3) is 0.438. The number of hydrogen-bond acceptors (Lipinski definition) is 7. The summed E-state index contributed by atoms with van der Waals surface area (Å²) in [5, 5.41) is 12.7. The van der Waals surface area contributed by atoms with Gasteiger partial charge in [-0.25, -0.2) is 4.39 Å². The van der Waals surface area contributed by atoms with Crippen LogP contribution < -0.4 is 15.8 Å². The standard InChI is InChI=1S/C16H21ClFN5O2/c1-9(8-25-12-5-10(7-24)4-11(17)6-12)20-15-22-13(16(2,3)18)21-14(19)23-15/h4-6,9,24H,7-8H2,1-3H3,(H3,19,20,21,22,23). The van der Waals surface area contributed by atoms with Crippen LogP contribution in [0.3, 0.4) is 0 Å². The highest BCUT2D eigenvalue weighted by atomic mass is 35.5. The highest BCUT2D eigenvalue weighted by Crippen LogP contribution is 2.23. The Balaban J connectivity index is 2.02. The van der Waals surface area contributed by atoms with Crippen LogP contribution in [0, 0.1) is 0 Å². The van der Waals surface area contributed by atoms with Crippen molar-refractivity contribution in [1.29, 1.82) is 0 Å². The molecule has 0 radical (unpaired) electrons. The van der Waals surface area contributed by atoms with Crippen molar-refractivity contribution in [3.05, 3.63) is 34.6 Å². The Morgan fingerprint density at radius 3 is 2.68 bits per heavy atom. The van der Waals surface area contributed by atoms with Gasteiger partial charge in [0, 0.05) is 5.02 Å². The fourth-order valence-electron chi connectivity index (χ4n) is 2.00. The lowest BCUT2D eigenvalue weighted by Gasteiger charge is -2.18. The molecule has 0 fully saturated rings. The molecule has 2 aromatic rings. The van der Waals surface area contributed by atoms with E-state index >= 15 is 0 Å². The average Bonchev–Trinajstić information content (AvgIpc) is 2.51. The summed E-state index contributed by atoms with van der Waals surface area (Å²) in [5.74, 6) is 0.601. The average molecular weight is 370 g/mol. The molecule has 0 aliphatic heterocycles. The number of nitrogens with zero attached hydrogens (tertiary/aromatic N) is 3. The smallest absolute Gasteiger partial charge is 0.228 e. The molecular weight excluding hydrogens is 349 g/mol. The summed E-state index contributed by atoms with van der Waals surface area (Å²) in [6.07, 6.45) is 0. The van der Waals surface area contributed by atoms with E-state index < -0.39 is 5.67 Å². The van der Waals surface area contributed by atoms with Gasteiger partial charge in [-0.05, 0) is 44.5 Å². The minimum atomic E-state index is -1.73.